The molecule has 110 valence electrons. The number of amides is 1. The molecule has 1 amide bonds. The van der Waals surface area contributed by atoms with E-state index in [1.165, 1.54) is 24.1 Å². The van der Waals surface area contributed by atoms with Crippen molar-refractivity contribution in [3.8, 4) is 0 Å². The van der Waals surface area contributed by atoms with Gasteiger partial charge in [0.2, 0.25) is 0 Å². The Bertz CT molecular complexity index is 483. The van der Waals surface area contributed by atoms with Crippen molar-refractivity contribution >= 4 is 17.5 Å². The lowest BCUT2D eigenvalue weighted by Crippen LogP contribution is -2.25. The first kappa shape index (κ1) is 14.5. The van der Waals surface area contributed by atoms with Gasteiger partial charge >= 0.3 is 6.09 Å². The van der Waals surface area contributed by atoms with Gasteiger partial charge in [-0.2, -0.15) is 0 Å². The van der Waals surface area contributed by atoms with Crippen LogP contribution in [0.15, 0.2) is 18.2 Å². The number of nitrogens with one attached hydrogen (secondary N) is 1. The Kier molecular flexibility index (Phi) is 4.75. The van der Waals surface area contributed by atoms with Gasteiger partial charge in [0, 0.05) is 13.7 Å². The predicted molar refractivity (Wildman–Crippen MR) is 71.5 cm³/mol. The van der Waals surface area contributed by atoms with Gasteiger partial charge in [-0.25, -0.2) is 9.18 Å². The maximum absolute atomic E-state index is 13.9. The fourth-order valence-electron chi connectivity index (χ4n) is 2.01. The Balaban J connectivity index is 2.09. The van der Waals surface area contributed by atoms with Gasteiger partial charge < -0.3 is 19.9 Å². The van der Waals surface area contributed by atoms with Crippen LogP contribution in [0.5, 0.6) is 0 Å². The molecule has 7 heteroatoms. The minimum atomic E-state index is -0.512. The van der Waals surface area contributed by atoms with E-state index in [1.807, 2.05) is 0 Å². The van der Waals surface area contributed by atoms with Gasteiger partial charge in [-0.1, -0.05) is 0 Å². The first-order chi connectivity index (χ1) is 9.65. The molecule has 0 aliphatic carbocycles. The van der Waals surface area contributed by atoms with Gasteiger partial charge in [-0.15, -0.1) is 0 Å². The van der Waals surface area contributed by atoms with E-state index < -0.39 is 11.9 Å². The summed E-state index contributed by atoms with van der Waals surface area (Å²) < 4.78 is 23.9. The van der Waals surface area contributed by atoms with Crippen molar-refractivity contribution in [3.63, 3.8) is 0 Å². The number of aliphatic hydroxyl groups is 1. The van der Waals surface area contributed by atoms with Crippen LogP contribution in [-0.2, 0) is 9.47 Å². The lowest BCUT2D eigenvalue weighted by atomic mass is 10.2. The summed E-state index contributed by atoms with van der Waals surface area (Å²) in [5.41, 5.74) is 0.712. The highest BCUT2D eigenvalue weighted by Crippen LogP contribution is 2.25. The third kappa shape index (κ3) is 3.17. The molecule has 0 spiro atoms. The number of anilines is 2. The quantitative estimate of drug-likeness (QED) is 0.821. The first-order valence-corrected chi connectivity index (χ1v) is 6.27. The molecule has 1 saturated heterocycles. The van der Waals surface area contributed by atoms with Gasteiger partial charge in [0.15, 0.2) is 0 Å². The molecule has 2 rings (SSSR count). The number of benzene rings is 1. The van der Waals surface area contributed by atoms with Crippen molar-refractivity contribution in [1.82, 2.24) is 0 Å². The molecule has 0 unspecified atom stereocenters. The summed E-state index contributed by atoms with van der Waals surface area (Å²) in [4.78, 5) is 13.1. The van der Waals surface area contributed by atoms with Gasteiger partial charge in [0.25, 0.3) is 0 Å². The van der Waals surface area contributed by atoms with E-state index >= 15 is 0 Å². The first-order valence-electron chi connectivity index (χ1n) is 6.27. The molecule has 0 saturated carbocycles. The van der Waals surface area contributed by atoms with Crippen molar-refractivity contribution in [2.75, 3.05) is 43.6 Å². The summed E-state index contributed by atoms with van der Waals surface area (Å²) >= 11 is 0. The molecule has 0 aromatic heterocycles. The van der Waals surface area contributed by atoms with Crippen LogP contribution in [0.2, 0.25) is 0 Å². The molecule has 1 atom stereocenters. The minimum absolute atomic E-state index is 0.0850. The number of aliphatic hydroxyl groups excluding tert-OH is 1. The van der Waals surface area contributed by atoms with Crippen molar-refractivity contribution in [2.24, 2.45) is 0 Å². The lowest BCUT2D eigenvalue weighted by molar-refractivity contribution is 0.0718. The second-order valence-electron chi connectivity index (χ2n) is 4.39. The van der Waals surface area contributed by atoms with E-state index in [0.29, 0.717) is 18.8 Å². The van der Waals surface area contributed by atoms with Gasteiger partial charge in [-0.05, 0) is 18.2 Å². The zero-order valence-electron chi connectivity index (χ0n) is 11.1. The second kappa shape index (κ2) is 6.53. The summed E-state index contributed by atoms with van der Waals surface area (Å²) in [6, 6.07) is 4.41. The molecular weight excluding hydrogens is 267 g/mol. The number of hydrogen-bond donors (Lipinski definition) is 2. The third-order valence-electron chi connectivity index (χ3n) is 2.92. The highest BCUT2D eigenvalue weighted by molar-refractivity contribution is 5.90. The van der Waals surface area contributed by atoms with Gasteiger partial charge in [0.1, 0.15) is 11.9 Å². The van der Waals surface area contributed by atoms with Crippen molar-refractivity contribution in [1.29, 1.82) is 0 Å². The Morgan fingerprint density at radius 1 is 1.60 bits per heavy atom. The average Bonchev–Trinajstić information content (AvgIpc) is 2.79. The largest absolute Gasteiger partial charge is 0.441 e. The maximum atomic E-state index is 13.9. The number of carbonyl (C=O) groups is 1. The molecule has 1 aromatic carbocycles. The van der Waals surface area contributed by atoms with E-state index in [4.69, 9.17) is 14.6 Å². The van der Waals surface area contributed by atoms with E-state index in [2.05, 4.69) is 5.32 Å². The normalized spacial score (nSPS) is 18.2. The van der Waals surface area contributed by atoms with E-state index in [-0.39, 0.29) is 24.9 Å². The lowest BCUT2D eigenvalue weighted by Gasteiger charge is -2.14. The van der Waals surface area contributed by atoms with Crippen LogP contribution in [0.3, 0.4) is 0 Å². The van der Waals surface area contributed by atoms with Crippen LogP contribution < -0.4 is 10.2 Å². The summed E-state index contributed by atoms with van der Waals surface area (Å²) in [5.74, 6) is -0.487. The molecule has 1 fully saturated rings. The number of nitrogens with zero attached hydrogens (tertiary/aromatic N) is 1. The van der Waals surface area contributed by atoms with Crippen LogP contribution in [0, 0.1) is 5.82 Å². The predicted octanol–water partition coefficient (Wildman–Crippen LogP) is 1.20. The molecule has 1 aromatic rings. The Hall–Kier alpha value is -1.86. The number of hydrogen-bond acceptors (Lipinski definition) is 5. The molecule has 2 N–H and O–H groups in total. The standard InChI is InChI=1S/C13H17FN2O4/c1-19-8-10-7-16(13(18)20-10)9-2-3-12(11(14)6-9)15-4-5-17/h2-3,6,10,15,17H,4-5,7-8H2,1H3/t10-/m1/s1. The van der Waals surface area contributed by atoms with Crippen LogP contribution in [0.1, 0.15) is 0 Å². The van der Waals surface area contributed by atoms with Crippen molar-refractivity contribution in [3.05, 3.63) is 24.0 Å². The SMILES string of the molecule is COC[C@H]1CN(c2ccc(NCCO)c(F)c2)C(=O)O1. The van der Waals surface area contributed by atoms with Crippen molar-refractivity contribution in [2.45, 2.75) is 6.10 Å². The second-order valence-corrected chi connectivity index (χ2v) is 4.39. The maximum Gasteiger partial charge on any atom is 0.414 e. The van der Waals surface area contributed by atoms with Crippen LogP contribution in [-0.4, -0.2) is 50.7 Å². The Morgan fingerprint density at radius 3 is 3.05 bits per heavy atom. The van der Waals surface area contributed by atoms with Crippen LogP contribution in [0.25, 0.3) is 0 Å². The molecule has 6 nitrogen and oxygen atoms in total. The molecule has 1 aliphatic heterocycles. The summed E-state index contributed by atoms with van der Waals surface area (Å²) in [7, 11) is 1.53. The van der Waals surface area contributed by atoms with Crippen LogP contribution >= 0.6 is 0 Å². The zero-order valence-corrected chi connectivity index (χ0v) is 11.1. The van der Waals surface area contributed by atoms with Crippen molar-refractivity contribution < 1.29 is 23.8 Å². The molecule has 0 radical (unpaired) electrons. The fraction of sp³-hybridized carbons (Fsp3) is 0.462. The number of rotatable bonds is 6. The number of carbonyl (C=O) groups excluding carboxylic acids is 1. The van der Waals surface area contributed by atoms with Gasteiger partial charge in [0.05, 0.1) is 31.1 Å². The van der Waals surface area contributed by atoms with Crippen LogP contribution in [0.4, 0.5) is 20.6 Å². The topological polar surface area (TPSA) is 71.0 Å². The highest BCUT2D eigenvalue weighted by atomic mass is 19.1. The zero-order chi connectivity index (χ0) is 14.5. The molecule has 1 heterocycles. The molecular formula is C13H17FN2O4. The average molecular weight is 284 g/mol. The minimum Gasteiger partial charge on any atom is -0.441 e. The number of ether oxygens (including phenoxy) is 2. The highest BCUT2D eigenvalue weighted by Gasteiger charge is 2.32. The number of cyclic esters (lactones) is 1. The molecule has 0 bridgehead atoms. The fourth-order valence-corrected chi connectivity index (χ4v) is 2.01. The van der Waals surface area contributed by atoms with E-state index in [9.17, 15) is 9.18 Å². The Morgan fingerprint density at radius 2 is 2.40 bits per heavy atom. The summed E-state index contributed by atoms with van der Waals surface area (Å²) in [6.45, 7) is 0.812. The van der Waals surface area contributed by atoms with E-state index in [0.717, 1.165) is 0 Å². The monoisotopic (exact) mass is 284 g/mol. The number of halogens is 1. The third-order valence-corrected chi connectivity index (χ3v) is 2.92. The summed E-state index contributed by atoms with van der Waals surface area (Å²) in [6.07, 6.45) is -0.856. The van der Waals surface area contributed by atoms with E-state index in [1.54, 1.807) is 6.07 Å². The smallest absolute Gasteiger partial charge is 0.414 e. The number of methoxy groups -OCH3 is 1. The molecule has 20 heavy (non-hydrogen) atoms. The molecule has 1 aliphatic rings. The summed E-state index contributed by atoms with van der Waals surface area (Å²) in [5, 5.41) is 11.4. The Labute approximate surface area is 116 Å². The van der Waals surface area contributed by atoms with Gasteiger partial charge in [-0.3, -0.25) is 4.90 Å².